The molecule has 10 heteroatoms. The highest BCUT2D eigenvalue weighted by molar-refractivity contribution is 9.10. The number of benzene rings is 2. The fraction of sp³-hybridized carbons (Fsp3) is 0.176. The van der Waals surface area contributed by atoms with Gasteiger partial charge in [-0.05, 0) is 42.5 Å². The van der Waals surface area contributed by atoms with E-state index < -0.39 is 28.4 Å². The number of methoxy groups -OCH3 is 1. The largest absolute Gasteiger partial charge is 0.465 e. The molecule has 0 bridgehead atoms. The number of ether oxygens (including phenoxy) is 1. The number of rotatable bonds is 6. The van der Waals surface area contributed by atoms with Crippen LogP contribution in [0.3, 0.4) is 0 Å². The van der Waals surface area contributed by atoms with E-state index in [4.69, 9.17) is 11.6 Å². The van der Waals surface area contributed by atoms with Crippen LogP contribution in [-0.2, 0) is 19.6 Å². The molecule has 1 amide bonds. The van der Waals surface area contributed by atoms with Crippen LogP contribution in [0.4, 0.5) is 11.4 Å². The lowest BCUT2D eigenvalue weighted by atomic mass is 10.2. The lowest BCUT2D eigenvalue weighted by Gasteiger charge is -2.22. The van der Waals surface area contributed by atoms with Gasteiger partial charge in [0.2, 0.25) is 15.9 Å². The van der Waals surface area contributed by atoms with E-state index in [-0.39, 0.29) is 16.3 Å². The molecule has 0 unspecified atom stereocenters. The Bertz CT molecular complexity index is 964. The summed E-state index contributed by atoms with van der Waals surface area (Å²) in [5, 5.41) is 2.72. The molecule has 0 aliphatic carbocycles. The van der Waals surface area contributed by atoms with Crippen LogP contribution in [0.5, 0.6) is 0 Å². The van der Waals surface area contributed by atoms with Crippen LogP contribution < -0.4 is 9.62 Å². The zero-order valence-corrected chi connectivity index (χ0v) is 17.6. The van der Waals surface area contributed by atoms with Crippen molar-refractivity contribution in [3.8, 4) is 0 Å². The third-order valence-electron chi connectivity index (χ3n) is 3.46. The minimum atomic E-state index is -3.70. The van der Waals surface area contributed by atoms with E-state index in [0.717, 1.165) is 15.0 Å². The van der Waals surface area contributed by atoms with Crippen LogP contribution in [0, 0.1) is 0 Å². The summed E-state index contributed by atoms with van der Waals surface area (Å²) in [4.78, 5) is 24.0. The topological polar surface area (TPSA) is 92.8 Å². The van der Waals surface area contributed by atoms with Gasteiger partial charge in [-0.1, -0.05) is 27.5 Å². The molecule has 0 radical (unpaired) electrons. The minimum Gasteiger partial charge on any atom is -0.465 e. The van der Waals surface area contributed by atoms with Gasteiger partial charge in [-0.15, -0.1) is 0 Å². The van der Waals surface area contributed by atoms with E-state index in [0.29, 0.717) is 5.69 Å². The minimum absolute atomic E-state index is 0.175. The van der Waals surface area contributed by atoms with E-state index >= 15 is 0 Å². The molecule has 0 atom stereocenters. The van der Waals surface area contributed by atoms with E-state index in [1.807, 2.05) is 0 Å². The Balaban J connectivity index is 2.24. The summed E-state index contributed by atoms with van der Waals surface area (Å²) >= 11 is 9.32. The van der Waals surface area contributed by atoms with E-state index in [1.54, 1.807) is 24.3 Å². The van der Waals surface area contributed by atoms with Crippen LogP contribution in [0.2, 0.25) is 5.02 Å². The first-order valence-corrected chi connectivity index (χ1v) is 10.5. The van der Waals surface area contributed by atoms with Gasteiger partial charge in [0, 0.05) is 4.47 Å². The Morgan fingerprint density at radius 1 is 1.19 bits per heavy atom. The van der Waals surface area contributed by atoms with Crippen molar-refractivity contribution in [2.45, 2.75) is 0 Å². The molecular weight excluding hydrogens is 460 g/mol. The Hall–Kier alpha value is -2.10. The average molecular weight is 476 g/mol. The quantitative estimate of drug-likeness (QED) is 0.647. The molecule has 1 N–H and O–H groups in total. The van der Waals surface area contributed by atoms with Gasteiger partial charge in [0.1, 0.15) is 6.54 Å². The number of nitrogens with zero attached hydrogens (tertiary/aromatic N) is 1. The molecule has 0 saturated heterocycles. The standard InChI is InChI=1S/C17H16BrClN2O5S/c1-26-17(23)11-3-8-14(19)15(9-11)20-16(22)10-21(27(2,24)25)13-6-4-12(18)5-7-13/h3-9H,10H2,1-2H3,(H,20,22). The molecule has 0 aromatic heterocycles. The Morgan fingerprint density at radius 2 is 1.81 bits per heavy atom. The van der Waals surface area contributed by atoms with Gasteiger partial charge in [0.15, 0.2) is 0 Å². The number of carbonyl (C=O) groups excluding carboxylic acids is 2. The summed E-state index contributed by atoms with van der Waals surface area (Å²) in [7, 11) is -2.47. The second-order valence-corrected chi connectivity index (χ2v) is 8.71. The summed E-state index contributed by atoms with van der Waals surface area (Å²) in [6.45, 7) is -0.459. The smallest absolute Gasteiger partial charge is 0.337 e. The molecule has 27 heavy (non-hydrogen) atoms. The van der Waals surface area contributed by atoms with Crippen molar-refractivity contribution in [1.29, 1.82) is 0 Å². The maximum Gasteiger partial charge on any atom is 0.337 e. The molecule has 0 aliphatic rings. The number of hydrogen-bond donors (Lipinski definition) is 1. The fourth-order valence-electron chi connectivity index (χ4n) is 2.19. The first-order chi connectivity index (χ1) is 12.6. The predicted octanol–water partition coefficient (Wildman–Crippen LogP) is 3.29. The summed E-state index contributed by atoms with van der Waals surface area (Å²) in [5.74, 6) is -1.21. The summed E-state index contributed by atoms with van der Waals surface area (Å²) in [5.41, 5.74) is 0.712. The van der Waals surface area contributed by atoms with Gasteiger partial charge in [-0.3, -0.25) is 9.10 Å². The summed E-state index contributed by atoms with van der Waals surface area (Å²) in [6.07, 6.45) is 1.01. The molecule has 144 valence electrons. The molecule has 0 saturated carbocycles. The monoisotopic (exact) mass is 474 g/mol. The average Bonchev–Trinajstić information content (AvgIpc) is 2.61. The molecule has 0 aliphatic heterocycles. The zero-order chi connectivity index (χ0) is 20.2. The van der Waals surface area contributed by atoms with Crippen molar-refractivity contribution in [1.82, 2.24) is 0 Å². The molecule has 7 nitrogen and oxygen atoms in total. The Labute approximate surface area is 170 Å². The summed E-state index contributed by atoms with van der Waals surface area (Å²) in [6, 6.07) is 10.7. The van der Waals surface area contributed by atoms with E-state index in [1.165, 1.54) is 25.3 Å². The SMILES string of the molecule is COC(=O)c1ccc(Cl)c(NC(=O)CN(c2ccc(Br)cc2)S(C)(=O)=O)c1. The maximum absolute atomic E-state index is 12.4. The highest BCUT2D eigenvalue weighted by Crippen LogP contribution is 2.24. The van der Waals surface area contributed by atoms with Crippen LogP contribution in [-0.4, -0.2) is 40.2 Å². The highest BCUT2D eigenvalue weighted by atomic mass is 79.9. The zero-order valence-electron chi connectivity index (χ0n) is 14.4. The molecule has 0 spiro atoms. The van der Waals surface area contributed by atoms with Gasteiger partial charge in [0.25, 0.3) is 0 Å². The van der Waals surface area contributed by atoms with Gasteiger partial charge >= 0.3 is 5.97 Å². The second kappa shape index (κ2) is 8.73. The van der Waals surface area contributed by atoms with Gasteiger partial charge in [-0.2, -0.15) is 0 Å². The lowest BCUT2D eigenvalue weighted by Crippen LogP contribution is -2.37. The predicted molar refractivity (Wildman–Crippen MR) is 108 cm³/mol. The van der Waals surface area contributed by atoms with E-state index in [2.05, 4.69) is 26.0 Å². The van der Waals surface area contributed by atoms with Crippen molar-refractivity contribution in [3.05, 3.63) is 57.5 Å². The first-order valence-electron chi connectivity index (χ1n) is 7.53. The number of anilines is 2. The van der Waals surface area contributed by atoms with Gasteiger partial charge < -0.3 is 10.1 Å². The number of halogens is 2. The number of hydrogen-bond acceptors (Lipinski definition) is 5. The maximum atomic E-state index is 12.4. The van der Waals surface area contributed by atoms with E-state index in [9.17, 15) is 18.0 Å². The number of amides is 1. The third-order valence-corrected chi connectivity index (χ3v) is 5.46. The number of carbonyl (C=O) groups is 2. The fourth-order valence-corrected chi connectivity index (χ4v) is 3.48. The highest BCUT2D eigenvalue weighted by Gasteiger charge is 2.21. The molecule has 0 heterocycles. The molecule has 2 rings (SSSR count). The molecule has 2 aromatic rings. The van der Waals surface area contributed by atoms with Crippen molar-refractivity contribution in [2.75, 3.05) is 29.5 Å². The number of sulfonamides is 1. The first kappa shape index (κ1) is 21.2. The molecular formula is C17H16BrClN2O5S. The van der Waals surface area contributed by atoms with Crippen molar-refractivity contribution in [2.24, 2.45) is 0 Å². The van der Waals surface area contributed by atoms with Gasteiger partial charge in [-0.25, -0.2) is 13.2 Å². The van der Waals surface area contributed by atoms with Crippen LogP contribution in [0.25, 0.3) is 0 Å². The summed E-state index contributed by atoms with van der Waals surface area (Å²) < 4.78 is 30.6. The molecule has 0 fully saturated rings. The van der Waals surface area contributed by atoms with Crippen LogP contribution in [0.1, 0.15) is 10.4 Å². The third kappa shape index (κ3) is 5.69. The Morgan fingerprint density at radius 3 is 2.37 bits per heavy atom. The molecule has 2 aromatic carbocycles. The number of nitrogens with one attached hydrogen (secondary N) is 1. The second-order valence-electron chi connectivity index (χ2n) is 5.48. The number of esters is 1. The van der Waals surface area contributed by atoms with Crippen molar-refractivity contribution in [3.63, 3.8) is 0 Å². The van der Waals surface area contributed by atoms with Crippen molar-refractivity contribution < 1.29 is 22.7 Å². The van der Waals surface area contributed by atoms with Crippen LogP contribution in [0.15, 0.2) is 46.9 Å². The normalized spacial score (nSPS) is 11.0. The lowest BCUT2D eigenvalue weighted by molar-refractivity contribution is -0.114. The van der Waals surface area contributed by atoms with Gasteiger partial charge in [0.05, 0.1) is 35.3 Å². The Kier molecular flexibility index (Phi) is 6.85. The van der Waals surface area contributed by atoms with Crippen LogP contribution >= 0.6 is 27.5 Å². The van der Waals surface area contributed by atoms with Crippen molar-refractivity contribution >= 4 is 60.8 Å².